The molecule has 3 heteroatoms. The van der Waals surface area contributed by atoms with Gasteiger partial charge in [0, 0.05) is 21.1 Å². The molecule has 0 spiro atoms. The van der Waals surface area contributed by atoms with Gasteiger partial charge in [-0.2, -0.15) is 0 Å². The molecule has 0 aliphatic heterocycles. The molecular weight excluding hydrogens is 312 g/mol. The SMILES string of the molecule is CC(C)OCOC(C)C.[CH3-].[W]. The fourth-order valence-electron chi connectivity index (χ4n) is 0.311. The summed E-state index contributed by atoms with van der Waals surface area (Å²) in [6.07, 6.45) is 0.535. The van der Waals surface area contributed by atoms with Gasteiger partial charge in [-0.3, -0.25) is 0 Å². The van der Waals surface area contributed by atoms with Crippen LogP contribution in [0, 0.1) is 7.43 Å². The Morgan fingerprint density at radius 3 is 1.36 bits per heavy atom. The van der Waals surface area contributed by atoms with Crippen molar-refractivity contribution >= 4 is 0 Å². The molecule has 0 aliphatic rings. The normalized spacial score (nSPS) is 9.27. The van der Waals surface area contributed by atoms with Gasteiger partial charge >= 0.3 is 0 Å². The molecule has 0 unspecified atom stereocenters. The zero-order valence-electron chi connectivity index (χ0n) is 8.09. The third-order valence-electron chi connectivity index (χ3n) is 0.803. The number of ether oxygens (including phenoxy) is 2. The summed E-state index contributed by atoms with van der Waals surface area (Å²) in [5.74, 6) is 0. The molecule has 0 amide bonds. The van der Waals surface area contributed by atoms with Crippen molar-refractivity contribution in [2.75, 3.05) is 6.79 Å². The maximum atomic E-state index is 5.13. The van der Waals surface area contributed by atoms with E-state index in [1.807, 2.05) is 27.7 Å². The van der Waals surface area contributed by atoms with Crippen LogP contribution in [-0.2, 0) is 30.5 Å². The quantitative estimate of drug-likeness (QED) is 0.581. The molecule has 0 saturated heterocycles. The molecule has 0 aliphatic carbocycles. The average Bonchev–Trinajstić information content (AvgIpc) is 1.63. The van der Waals surface area contributed by atoms with Crippen molar-refractivity contribution in [3.05, 3.63) is 7.43 Å². The molecule has 11 heavy (non-hydrogen) atoms. The van der Waals surface area contributed by atoms with Crippen molar-refractivity contribution in [3.8, 4) is 0 Å². The minimum Gasteiger partial charge on any atom is -0.358 e. The average molecular weight is 331 g/mol. The second-order valence-electron chi connectivity index (χ2n) is 2.55. The van der Waals surface area contributed by atoms with Gasteiger partial charge < -0.3 is 16.9 Å². The number of hydrogen-bond acceptors (Lipinski definition) is 2. The molecule has 0 bridgehead atoms. The monoisotopic (exact) mass is 331 g/mol. The smallest absolute Gasteiger partial charge is 0.147 e. The summed E-state index contributed by atoms with van der Waals surface area (Å²) in [7, 11) is 0. The van der Waals surface area contributed by atoms with Crippen LogP contribution >= 0.6 is 0 Å². The van der Waals surface area contributed by atoms with Crippen LogP contribution in [0.1, 0.15) is 27.7 Å². The van der Waals surface area contributed by atoms with Crippen molar-refractivity contribution in [1.82, 2.24) is 0 Å². The summed E-state index contributed by atoms with van der Waals surface area (Å²) in [4.78, 5) is 0. The first-order chi connectivity index (χ1) is 4.13. The molecule has 0 N–H and O–H groups in total. The van der Waals surface area contributed by atoms with E-state index >= 15 is 0 Å². The van der Waals surface area contributed by atoms with Crippen molar-refractivity contribution in [1.29, 1.82) is 0 Å². The van der Waals surface area contributed by atoms with E-state index in [4.69, 9.17) is 9.47 Å². The van der Waals surface area contributed by atoms with E-state index in [0.717, 1.165) is 0 Å². The van der Waals surface area contributed by atoms with E-state index in [0.29, 0.717) is 6.79 Å². The van der Waals surface area contributed by atoms with E-state index in [-0.39, 0.29) is 40.7 Å². The zero-order chi connectivity index (χ0) is 7.28. The van der Waals surface area contributed by atoms with Crippen LogP contribution in [0.15, 0.2) is 0 Å². The summed E-state index contributed by atoms with van der Waals surface area (Å²) in [5, 5.41) is 0. The van der Waals surface area contributed by atoms with Crippen LogP contribution in [0.2, 0.25) is 0 Å². The summed E-state index contributed by atoms with van der Waals surface area (Å²) < 4.78 is 10.3. The minimum atomic E-state index is 0. The maximum absolute atomic E-state index is 5.13. The van der Waals surface area contributed by atoms with Crippen LogP contribution in [-0.4, -0.2) is 19.0 Å². The van der Waals surface area contributed by atoms with Crippen LogP contribution in [0.25, 0.3) is 0 Å². The first-order valence-corrected chi connectivity index (χ1v) is 3.36. The van der Waals surface area contributed by atoms with Gasteiger partial charge in [0.05, 0.1) is 12.2 Å². The molecule has 0 rings (SSSR count). The molecule has 0 radical (unpaired) electrons. The fraction of sp³-hybridized carbons (Fsp3) is 0.875. The molecule has 0 atom stereocenters. The third-order valence-corrected chi connectivity index (χ3v) is 0.803. The third kappa shape index (κ3) is 18.0. The van der Waals surface area contributed by atoms with Crippen molar-refractivity contribution in [2.24, 2.45) is 0 Å². The Hall–Kier alpha value is 0.608. The molecule has 2 nitrogen and oxygen atoms in total. The Balaban J connectivity index is -0.000000320. The number of hydrogen-bond donors (Lipinski definition) is 0. The largest absolute Gasteiger partial charge is 0.358 e. The predicted octanol–water partition coefficient (Wildman–Crippen LogP) is 2.24. The Kier molecular flexibility index (Phi) is 17.0. The van der Waals surface area contributed by atoms with Gasteiger partial charge in [-0.25, -0.2) is 0 Å². The van der Waals surface area contributed by atoms with E-state index in [1.165, 1.54) is 0 Å². The Labute approximate surface area is 84.9 Å². The molecule has 0 heterocycles. The molecular formula is C8H19O2W-. The van der Waals surface area contributed by atoms with Crippen LogP contribution in [0.4, 0.5) is 0 Å². The summed E-state index contributed by atoms with van der Waals surface area (Å²) in [5.41, 5.74) is 0. The molecule has 0 aromatic carbocycles. The Morgan fingerprint density at radius 2 is 1.18 bits per heavy atom. The topological polar surface area (TPSA) is 18.5 Å². The van der Waals surface area contributed by atoms with Crippen LogP contribution in [0.5, 0.6) is 0 Å². The second-order valence-corrected chi connectivity index (χ2v) is 2.55. The predicted molar refractivity (Wildman–Crippen MR) is 43.7 cm³/mol. The van der Waals surface area contributed by atoms with Gasteiger partial charge in [0.15, 0.2) is 0 Å². The molecule has 70 valence electrons. The van der Waals surface area contributed by atoms with Crippen LogP contribution < -0.4 is 0 Å². The van der Waals surface area contributed by atoms with Crippen molar-refractivity contribution in [2.45, 2.75) is 39.9 Å². The van der Waals surface area contributed by atoms with Gasteiger partial charge in [-0.15, -0.1) is 0 Å². The van der Waals surface area contributed by atoms with Gasteiger partial charge in [0.2, 0.25) is 0 Å². The van der Waals surface area contributed by atoms with E-state index in [1.54, 1.807) is 0 Å². The minimum absolute atomic E-state index is 0. The molecule has 0 aromatic rings. The fourth-order valence-corrected chi connectivity index (χ4v) is 0.311. The molecule has 0 saturated carbocycles. The van der Waals surface area contributed by atoms with Crippen molar-refractivity contribution < 1.29 is 30.5 Å². The van der Waals surface area contributed by atoms with Gasteiger partial charge in [-0.1, -0.05) is 0 Å². The molecule has 0 aromatic heterocycles. The van der Waals surface area contributed by atoms with Crippen molar-refractivity contribution in [3.63, 3.8) is 0 Å². The standard InChI is InChI=1S/C7H16O2.CH3.W/c1-6(2)8-5-9-7(3)4;;/h6-7H,5H2,1-4H3;1H3;/q;-1;. The summed E-state index contributed by atoms with van der Waals surface area (Å²) in [6, 6.07) is 0. The summed E-state index contributed by atoms with van der Waals surface area (Å²) in [6.45, 7) is 8.37. The Bertz CT molecular complexity index is 57.1. The van der Waals surface area contributed by atoms with E-state index in [2.05, 4.69) is 0 Å². The first kappa shape index (κ1) is 17.6. The van der Waals surface area contributed by atoms with E-state index < -0.39 is 0 Å². The zero-order valence-corrected chi connectivity index (χ0v) is 11.0. The second kappa shape index (κ2) is 10.6. The first-order valence-electron chi connectivity index (χ1n) is 3.36. The van der Waals surface area contributed by atoms with Gasteiger partial charge in [-0.05, 0) is 27.7 Å². The van der Waals surface area contributed by atoms with Crippen LogP contribution in [0.3, 0.4) is 0 Å². The maximum Gasteiger partial charge on any atom is 0.147 e. The van der Waals surface area contributed by atoms with E-state index in [9.17, 15) is 0 Å². The number of rotatable bonds is 4. The molecule has 0 fully saturated rings. The Morgan fingerprint density at radius 1 is 0.909 bits per heavy atom. The summed E-state index contributed by atoms with van der Waals surface area (Å²) >= 11 is 0. The van der Waals surface area contributed by atoms with Gasteiger partial charge in [0.1, 0.15) is 6.79 Å². The van der Waals surface area contributed by atoms with Gasteiger partial charge in [0.25, 0.3) is 0 Å².